The van der Waals surface area contributed by atoms with Gasteiger partial charge in [-0.05, 0) is 111 Å². The lowest BCUT2D eigenvalue weighted by atomic mass is 9.80. The quantitative estimate of drug-likeness (QED) is 0.167. The molecule has 53 heavy (non-hydrogen) atoms. The highest BCUT2D eigenvalue weighted by molar-refractivity contribution is 6.39. The van der Waals surface area contributed by atoms with Crippen molar-refractivity contribution in [3.8, 4) is 0 Å². The van der Waals surface area contributed by atoms with E-state index in [1.165, 1.54) is 0 Å². The Bertz CT molecular complexity index is 2220. The van der Waals surface area contributed by atoms with Crippen LogP contribution in [0.5, 0.6) is 0 Å². The first-order chi connectivity index (χ1) is 25.6. The number of rotatable bonds is 7. The Hall–Kier alpha value is -6.26. The molecule has 0 amide bonds. The Morgan fingerprint density at radius 1 is 0.358 bits per heavy atom. The van der Waals surface area contributed by atoms with Crippen LogP contribution < -0.4 is 9.80 Å². The summed E-state index contributed by atoms with van der Waals surface area (Å²) in [4.78, 5) is 33.0. The molecule has 0 spiro atoms. The number of para-hydroxylation sites is 3. The molecule has 0 aliphatic heterocycles. The third kappa shape index (κ3) is 6.53. The maximum Gasteiger partial charge on any atom is 0.173 e. The van der Waals surface area contributed by atoms with Crippen molar-refractivity contribution in [2.24, 2.45) is 10.8 Å². The van der Waals surface area contributed by atoms with E-state index in [1.807, 2.05) is 162 Å². The first-order valence-corrected chi connectivity index (χ1v) is 18.1. The molecule has 0 N–H and O–H groups in total. The smallest absolute Gasteiger partial charge is 0.173 e. The van der Waals surface area contributed by atoms with E-state index in [-0.39, 0.29) is 11.6 Å². The molecule has 0 saturated heterocycles. The largest absolute Gasteiger partial charge is 0.345 e. The average molecular weight is 693 g/mol. The van der Waals surface area contributed by atoms with E-state index < -0.39 is 10.8 Å². The van der Waals surface area contributed by atoms with Gasteiger partial charge in [-0.3, -0.25) is 9.59 Å². The molecule has 6 aromatic rings. The summed E-state index contributed by atoms with van der Waals surface area (Å²) in [5, 5.41) is 0. The second-order valence-corrected chi connectivity index (χ2v) is 14.6. The van der Waals surface area contributed by atoms with Crippen LogP contribution >= 0.6 is 0 Å². The second kappa shape index (κ2) is 14.4. The van der Waals surface area contributed by atoms with Crippen LogP contribution in [0.4, 0.5) is 28.4 Å². The number of allylic oxidation sites excluding steroid dienone is 4. The SMILES string of the molecule is CN(c1ccccc1)c1ccc(C2=C3C(=C(c4ccc(N(c5ccccc5)c5ccccc5)cc4)C(=O)C3(C)C)C(C)(C)C2=O)cc1.c1ccccc1. The molecule has 4 nitrogen and oxygen atoms in total. The zero-order chi connectivity index (χ0) is 37.2. The molecular weight excluding hydrogens is 649 g/mol. The minimum Gasteiger partial charge on any atom is -0.345 e. The van der Waals surface area contributed by atoms with Gasteiger partial charge in [0, 0.05) is 46.6 Å². The lowest BCUT2D eigenvalue weighted by Gasteiger charge is -2.26. The van der Waals surface area contributed by atoms with E-state index in [2.05, 4.69) is 58.3 Å². The number of hydrogen-bond acceptors (Lipinski definition) is 4. The van der Waals surface area contributed by atoms with E-state index >= 15 is 0 Å². The fraction of sp³-hybridized carbons (Fsp3) is 0.143. The molecule has 8 rings (SSSR count). The standard InChI is InChI=1S/C43H38N2O2.C6H6/c1-42(2)38-36(29-21-25-32(26-22-29)44(5)31-15-9-6-10-16-31)40(46)43(3,4)39(38)37(41(42)47)30-23-27-35(28-24-30)45(33-17-11-7-12-18-33)34-19-13-8-14-20-34;1-2-4-6-5-3-1/h6-28H,1-5H3;1-6H. The summed E-state index contributed by atoms with van der Waals surface area (Å²) >= 11 is 0. The minimum absolute atomic E-state index is 0.0525. The molecule has 2 aliphatic rings. The predicted octanol–water partition coefficient (Wildman–Crippen LogP) is 12.0. The summed E-state index contributed by atoms with van der Waals surface area (Å²) in [5.41, 5.74) is 8.19. The molecule has 2 aliphatic carbocycles. The Labute approximate surface area is 313 Å². The van der Waals surface area contributed by atoms with Crippen LogP contribution in [0.2, 0.25) is 0 Å². The highest BCUT2D eigenvalue weighted by Gasteiger charge is 2.57. The van der Waals surface area contributed by atoms with E-state index in [9.17, 15) is 9.59 Å². The topological polar surface area (TPSA) is 40.6 Å². The lowest BCUT2D eigenvalue weighted by molar-refractivity contribution is -0.119. The minimum atomic E-state index is -0.846. The second-order valence-electron chi connectivity index (χ2n) is 14.6. The van der Waals surface area contributed by atoms with Crippen molar-refractivity contribution in [1.29, 1.82) is 0 Å². The summed E-state index contributed by atoms with van der Waals surface area (Å²) in [6.07, 6.45) is 0. The summed E-state index contributed by atoms with van der Waals surface area (Å²) in [6, 6.07) is 59.0. The maximum atomic E-state index is 14.4. The van der Waals surface area contributed by atoms with Crippen molar-refractivity contribution in [1.82, 2.24) is 0 Å². The van der Waals surface area contributed by atoms with Gasteiger partial charge in [-0.25, -0.2) is 0 Å². The van der Waals surface area contributed by atoms with Crippen LogP contribution in [0.15, 0.2) is 187 Å². The number of fused-ring (bicyclic) bond motifs is 1. The molecular formula is C49H44N2O2. The highest BCUT2D eigenvalue weighted by Crippen LogP contribution is 2.61. The van der Waals surface area contributed by atoms with Gasteiger partial charge in [-0.1, -0.05) is 115 Å². The maximum absolute atomic E-state index is 14.4. The first kappa shape index (κ1) is 35.2. The van der Waals surface area contributed by atoms with Gasteiger partial charge in [0.1, 0.15) is 0 Å². The van der Waals surface area contributed by atoms with Gasteiger partial charge in [0.2, 0.25) is 0 Å². The number of benzene rings is 6. The average Bonchev–Trinajstić information content (AvgIpc) is 3.55. The Kier molecular flexibility index (Phi) is 9.55. The van der Waals surface area contributed by atoms with Gasteiger partial charge in [0.15, 0.2) is 11.6 Å². The fourth-order valence-corrected chi connectivity index (χ4v) is 7.55. The van der Waals surface area contributed by atoms with Gasteiger partial charge in [0.25, 0.3) is 0 Å². The third-order valence-electron chi connectivity index (χ3n) is 10.4. The normalized spacial score (nSPS) is 15.5. The van der Waals surface area contributed by atoms with Gasteiger partial charge in [0.05, 0.1) is 10.8 Å². The van der Waals surface area contributed by atoms with Crippen molar-refractivity contribution in [2.45, 2.75) is 27.7 Å². The van der Waals surface area contributed by atoms with E-state index in [0.717, 1.165) is 50.7 Å². The summed E-state index contributed by atoms with van der Waals surface area (Å²) in [5.74, 6) is 0.109. The number of Topliss-reactive ketones (excluding diaryl/α,β-unsaturated/α-hetero) is 2. The summed E-state index contributed by atoms with van der Waals surface area (Å²) in [7, 11) is 2.03. The van der Waals surface area contributed by atoms with Gasteiger partial charge < -0.3 is 9.80 Å². The summed E-state index contributed by atoms with van der Waals surface area (Å²) in [6.45, 7) is 7.85. The van der Waals surface area contributed by atoms with Crippen LogP contribution in [0.3, 0.4) is 0 Å². The van der Waals surface area contributed by atoms with E-state index in [1.54, 1.807) is 0 Å². The number of carbonyl (C=O) groups excluding carboxylic acids is 2. The molecule has 0 aromatic heterocycles. The number of anilines is 5. The third-order valence-corrected chi connectivity index (χ3v) is 10.4. The lowest BCUT2D eigenvalue weighted by Crippen LogP contribution is -2.24. The van der Waals surface area contributed by atoms with Gasteiger partial charge in [-0.2, -0.15) is 0 Å². The van der Waals surface area contributed by atoms with Crippen molar-refractivity contribution < 1.29 is 9.59 Å². The molecule has 0 heterocycles. The molecule has 0 bridgehead atoms. The molecule has 0 unspecified atom stereocenters. The van der Waals surface area contributed by atoms with Crippen molar-refractivity contribution in [3.63, 3.8) is 0 Å². The zero-order valence-electron chi connectivity index (χ0n) is 31.0. The van der Waals surface area contributed by atoms with Crippen LogP contribution in [0, 0.1) is 10.8 Å². The monoisotopic (exact) mass is 692 g/mol. The van der Waals surface area contributed by atoms with Gasteiger partial charge >= 0.3 is 0 Å². The Morgan fingerprint density at radius 2 is 0.623 bits per heavy atom. The van der Waals surface area contributed by atoms with Crippen molar-refractivity contribution in [2.75, 3.05) is 16.8 Å². The number of carbonyl (C=O) groups is 2. The molecule has 6 aromatic carbocycles. The first-order valence-electron chi connectivity index (χ1n) is 18.1. The van der Waals surface area contributed by atoms with Crippen LogP contribution in [0.1, 0.15) is 38.8 Å². The molecule has 0 fully saturated rings. The van der Waals surface area contributed by atoms with Crippen molar-refractivity contribution >= 4 is 51.1 Å². The van der Waals surface area contributed by atoms with Crippen molar-refractivity contribution in [3.05, 3.63) is 198 Å². The Balaban J connectivity index is 0.000000661. The Morgan fingerprint density at radius 3 is 0.981 bits per heavy atom. The predicted molar refractivity (Wildman–Crippen MR) is 220 cm³/mol. The van der Waals surface area contributed by atoms with Crippen LogP contribution in [-0.2, 0) is 9.59 Å². The number of ketones is 2. The molecule has 4 heteroatoms. The molecule has 262 valence electrons. The van der Waals surface area contributed by atoms with Crippen LogP contribution in [0.25, 0.3) is 11.1 Å². The number of nitrogens with zero attached hydrogens (tertiary/aromatic N) is 2. The molecule has 0 atom stereocenters. The van der Waals surface area contributed by atoms with Crippen LogP contribution in [-0.4, -0.2) is 18.6 Å². The molecule has 0 radical (unpaired) electrons. The summed E-state index contributed by atoms with van der Waals surface area (Å²) < 4.78 is 0. The number of hydrogen-bond donors (Lipinski definition) is 0. The zero-order valence-corrected chi connectivity index (χ0v) is 31.0. The fourth-order valence-electron chi connectivity index (χ4n) is 7.55. The highest BCUT2D eigenvalue weighted by atomic mass is 16.1. The van der Waals surface area contributed by atoms with Gasteiger partial charge in [-0.15, -0.1) is 0 Å². The molecule has 0 saturated carbocycles. The van der Waals surface area contributed by atoms with E-state index in [0.29, 0.717) is 11.1 Å². The van der Waals surface area contributed by atoms with E-state index in [4.69, 9.17) is 0 Å².